The fraction of sp³-hybridized carbons (Fsp3) is 0.462. The van der Waals surface area contributed by atoms with Crippen LogP contribution in [0.2, 0.25) is 0 Å². The van der Waals surface area contributed by atoms with E-state index >= 15 is 0 Å². The van der Waals surface area contributed by atoms with E-state index in [1.807, 2.05) is 38.2 Å². The van der Waals surface area contributed by atoms with Crippen LogP contribution < -0.4 is 15.4 Å². The molecule has 0 radical (unpaired) electrons. The number of ether oxygens (including phenoxy) is 1. The molecular formula is C13H20BrClN2O2. The summed E-state index contributed by atoms with van der Waals surface area (Å²) in [7, 11) is 1.87. The fourth-order valence-electron chi connectivity index (χ4n) is 1.28. The van der Waals surface area contributed by atoms with E-state index in [2.05, 4.69) is 26.6 Å². The predicted octanol–water partition coefficient (Wildman–Crippen LogP) is 2.36. The number of nitrogens with one attached hydrogen (secondary N) is 2. The maximum Gasteiger partial charge on any atom is 0.223 e. The maximum absolute atomic E-state index is 11.5. The molecule has 1 aromatic carbocycles. The van der Waals surface area contributed by atoms with E-state index in [1.165, 1.54) is 0 Å². The van der Waals surface area contributed by atoms with E-state index in [0.717, 1.165) is 10.2 Å². The smallest absolute Gasteiger partial charge is 0.223 e. The molecule has 108 valence electrons. The number of hydrogen-bond donors (Lipinski definition) is 2. The largest absolute Gasteiger partial charge is 0.493 e. The Morgan fingerprint density at radius 3 is 2.84 bits per heavy atom. The van der Waals surface area contributed by atoms with Crippen LogP contribution in [0, 0.1) is 0 Å². The van der Waals surface area contributed by atoms with Gasteiger partial charge < -0.3 is 15.4 Å². The van der Waals surface area contributed by atoms with Crippen LogP contribution in [0.15, 0.2) is 28.7 Å². The molecule has 0 bridgehead atoms. The monoisotopic (exact) mass is 350 g/mol. The zero-order valence-corrected chi connectivity index (χ0v) is 13.5. The Hall–Kier alpha value is -0.780. The summed E-state index contributed by atoms with van der Waals surface area (Å²) in [6, 6.07) is 7.85. The Labute approximate surface area is 128 Å². The van der Waals surface area contributed by atoms with Crippen molar-refractivity contribution in [2.45, 2.75) is 19.4 Å². The quantitative estimate of drug-likeness (QED) is 0.793. The Bertz CT molecular complexity index is 391. The summed E-state index contributed by atoms with van der Waals surface area (Å²) in [4.78, 5) is 11.5. The molecule has 1 rings (SSSR count). The predicted molar refractivity (Wildman–Crippen MR) is 83.0 cm³/mol. The van der Waals surface area contributed by atoms with Crippen LogP contribution in [-0.4, -0.2) is 32.1 Å². The molecule has 19 heavy (non-hydrogen) atoms. The molecule has 4 nitrogen and oxygen atoms in total. The van der Waals surface area contributed by atoms with Crippen molar-refractivity contribution in [3.63, 3.8) is 0 Å². The molecule has 0 aliphatic carbocycles. The molecule has 0 saturated carbocycles. The lowest BCUT2D eigenvalue weighted by molar-refractivity contribution is -0.121. The van der Waals surface area contributed by atoms with Crippen molar-refractivity contribution in [2.24, 2.45) is 0 Å². The maximum atomic E-state index is 11.5. The van der Waals surface area contributed by atoms with Gasteiger partial charge in [0, 0.05) is 17.1 Å². The van der Waals surface area contributed by atoms with E-state index in [-0.39, 0.29) is 24.4 Å². The van der Waals surface area contributed by atoms with Gasteiger partial charge in [-0.25, -0.2) is 0 Å². The summed E-state index contributed by atoms with van der Waals surface area (Å²) >= 11 is 3.37. The zero-order valence-electron chi connectivity index (χ0n) is 11.1. The topological polar surface area (TPSA) is 50.4 Å². The molecule has 1 atom stereocenters. The summed E-state index contributed by atoms with van der Waals surface area (Å²) in [5, 5.41) is 5.90. The van der Waals surface area contributed by atoms with E-state index in [9.17, 15) is 4.79 Å². The van der Waals surface area contributed by atoms with Crippen molar-refractivity contribution in [3.05, 3.63) is 28.7 Å². The highest BCUT2D eigenvalue weighted by Crippen LogP contribution is 2.17. The molecule has 1 amide bonds. The number of amides is 1. The lowest BCUT2D eigenvalue weighted by atomic mass is 10.3. The number of hydrogen-bond acceptors (Lipinski definition) is 3. The van der Waals surface area contributed by atoms with Gasteiger partial charge in [0.15, 0.2) is 0 Å². The average molecular weight is 352 g/mol. The zero-order chi connectivity index (χ0) is 13.4. The van der Waals surface area contributed by atoms with Gasteiger partial charge >= 0.3 is 0 Å². The first-order valence-electron chi connectivity index (χ1n) is 5.94. The first-order valence-corrected chi connectivity index (χ1v) is 6.73. The normalized spacial score (nSPS) is 11.3. The number of carbonyl (C=O) groups is 1. The van der Waals surface area contributed by atoms with Gasteiger partial charge in [0.2, 0.25) is 5.91 Å². The second kappa shape index (κ2) is 10.1. The number of rotatable bonds is 7. The molecule has 0 aromatic heterocycles. The van der Waals surface area contributed by atoms with Gasteiger partial charge in [0.1, 0.15) is 5.75 Å². The molecule has 1 unspecified atom stereocenters. The van der Waals surface area contributed by atoms with Gasteiger partial charge in [-0.05, 0) is 32.2 Å². The molecule has 2 N–H and O–H groups in total. The van der Waals surface area contributed by atoms with Gasteiger partial charge in [0.25, 0.3) is 0 Å². The molecule has 0 aliphatic heterocycles. The van der Waals surface area contributed by atoms with Gasteiger partial charge in [-0.2, -0.15) is 0 Å². The number of benzene rings is 1. The third kappa shape index (κ3) is 8.08. The number of halogens is 2. The molecule has 0 spiro atoms. The second-order valence-electron chi connectivity index (χ2n) is 4.05. The van der Waals surface area contributed by atoms with Crippen LogP contribution >= 0.6 is 28.3 Å². The SMILES string of the molecule is CNC(C)CNC(=O)CCOc1cccc(Br)c1.Cl. The molecule has 0 heterocycles. The van der Waals surface area contributed by atoms with Crippen molar-refractivity contribution in [1.29, 1.82) is 0 Å². The highest BCUT2D eigenvalue weighted by Gasteiger charge is 2.04. The van der Waals surface area contributed by atoms with Crippen molar-refractivity contribution >= 4 is 34.2 Å². The molecule has 6 heteroatoms. The van der Waals surface area contributed by atoms with Gasteiger partial charge in [-0.15, -0.1) is 12.4 Å². The van der Waals surface area contributed by atoms with Crippen LogP contribution in [0.1, 0.15) is 13.3 Å². The Morgan fingerprint density at radius 1 is 1.47 bits per heavy atom. The van der Waals surface area contributed by atoms with Crippen LogP contribution in [-0.2, 0) is 4.79 Å². The summed E-state index contributed by atoms with van der Waals surface area (Å²) in [6.07, 6.45) is 0.364. The minimum atomic E-state index is 0. The summed E-state index contributed by atoms with van der Waals surface area (Å²) in [5.74, 6) is 0.771. The van der Waals surface area contributed by atoms with Crippen molar-refractivity contribution in [3.8, 4) is 5.75 Å². The van der Waals surface area contributed by atoms with E-state index in [4.69, 9.17) is 4.74 Å². The van der Waals surface area contributed by atoms with E-state index < -0.39 is 0 Å². The lowest BCUT2D eigenvalue weighted by Crippen LogP contribution is -2.37. The molecule has 0 aliphatic rings. The molecular weight excluding hydrogens is 332 g/mol. The molecule has 0 fully saturated rings. The van der Waals surface area contributed by atoms with E-state index in [1.54, 1.807) is 0 Å². The second-order valence-corrected chi connectivity index (χ2v) is 4.97. The minimum absolute atomic E-state index is 0. The van der Waals surface area contributed by atoms with Crippen molar-refractivity contribution in [1.82, 2.24) is 10.6 Å². The first-order chi connectivity index (χ1) is 8.61. The third-order valence-electron chi connectivity index (χ3n) is 2.49. The van der Waals surface area contributed by atoms with Crippen LogP contribution in [0.25, 0.3) is 0 Å². The summed E-state index contributed by atoms with van der Waals surface area (Å²) in [5.41, 5.74) is 0. The van der Waals surface area contributed by atoms with Gasteiger partial charge in [-0.1, -0.05) is 22.0 Å². The van der Waals surface area contributed by atoms with Crippen LogP contribution in [0.4, 0.5) is 0 Å². The summed E-state index contributed by atoms with van der Waals surface area (Å²) < 4.78 is 6.45. The average Bonchev–Trinajstić information content (AvgIpc) is 2.36. The lowest BCUT2D eigenvalue weighted by Gasteiger charge is -2.11. The molecule has 1 aromatic rings. The number of carbonyl (C=O) groups excluding carboxylic acids is 1. The summed E-state index contributed by atoms with van der Waals surface area (Å²) in [6.45, 7) is 3.03. The standard InChI is InChI=1S/C13H19BrN2O2.ClH/c1-10(15-2)9-16-13(17)6-7-18-12-5-3-4-11(14)8-12;/h3-5,8,10,15H,6-7,9H2,1-2H3,(H,16,17);1H. The minimum Gasteiger partial charge on any atom is -0.493 e. The Morgan fingerprint density at radius 2 is 2.21 bits per heavy atom. The Kier molecular flexibility index (Phi) is 9.65. The van der Waals surface area contributed by atoms with Gasteiger partial charge in [0.05, 0.1) is 13.0 Å². The van der Waals surface area contributed by atoms with E-state index in [0.29, 0.717) is 19.6 Å². The van der Waals surface area contributed by atoms with Crippen molar-refractivity contribution < 1.29 is 9.53 Å². The van der Waals surface area contributed by atoms with Crippen LogP contribution in [0.5, 0.6) is 5.75 Å². The van der Waals surface area contributed by atoms with Gasteiger partial charge in [-0.3, -0.25) is 4.79 Å². The highest BCUT2D eigenvalue weighted by molar-refractivity contribution is 9.10. The number of likely N-dealkylation sites (N-methyl/N-ethyl adjacent to an activating group) is 1. The molecule has 0 saturated heterocycles. The highest BCUT2D eigenvalue weighted by atomic mass is 79.9. The Balaban J connectivity index is 0.00000324. The van der Waals surface area contributed by atoms with Crippen molar-refractivity contribution in [2.75, 3.05) is 20.2 Å². The third-order valence-corrected chi connectivity index (χ3v) is 2.99. The van der Waals surface area contributed by atoms with Crippen LogP contribution in [0.3, 0.4) is 0 Å². The first kappa shape index (κ1) is 18.2. The fourth-order valence-corrected chi connectivity index (χ4v) is 1.65.